The van der Waals surface area contributed by atoms with E-state index in [4.69, 9.17) is 0 Å². The van der Waals surface area contributed by atoms with Gasteiger partial charge in [-0.2, -0.15) is 0 Å². The second-order valence-corrected chi connectivity index (χ2v) is 4.96. The van der Waals surface area contributed by atoms with Crippen molar-refractivity contribution >= 4 is 5.91 Å². The number of carbonyl (C=O) groups excluding carboxylic acids is 1. The third-order valence-electron chi connectivity index (χ3n) is 3.59. The van der Waals surface area contributed by atoms with Gasteiger partial charge < -0.3 is 10.2 Å². The maximum Gasteiger partial charge on any atom is 0.223 e. The molecule has 3 heteroatoms. The maximum absolute atomic E-state index is 12.2. The molecule has 1 N–H and O–H groups in total. The van der Waals surface area contributed by atoms with Crippen molar-refractivity contribution in [2.45, 2.75) is 32.2 Å². The Labute approximate surface area is 109 Å². The van der Waals surface area contributed by atoms with E-state index in [1.165, 1.54) is 5.56 Å². The lowest BCUT2D eigenvalue weighted by Gasteiger charge is -2.26. The Morgan fingerprint density at radius 2 is 2.11 bits per heavy atom. The van der Waals surface area contributed by atoms with Crippen LogP contribution in [-0.4, -0.2) is 36.5 Å². The topological polar surface area (TPSA) is 32.3 Å². The van der Waals surface area contributed by atoms with Gasteiger partial charge in [-0.1, -0.05) is 30.3 Å². The van der Waals surface area contributed by atoms with E-state index in [1.807, 2.05) is 23.1 Å². The van der Waals surface area contributed by atoms with Crippen LogP contribution in [0.25, 0.3) is 0 Å². The van der Waals surface area contributed by atoms with E-state index in [0.717, 1.165) is 32.5 Å². The van der Waals surface area contributed by atoms with E-state index < -0.39 is 0 Å². The maximum atomic E-state index is 12.2. The van der Waals surface area contributed by atoms with E-state index in [1.54, 1.807) is 0 Å². The van der Waals surface area contributed by atoms with Crippen molar-refractivity contribution in [3.63, 3.8) is 0 Å². The number of aryl methyl sites for hydroxylation is 1. The summed E-state index contributed by atoms with van der Waals surface area (Å²) in [7, 11) is 0. The van der Waals surface area contributed by atoms with Crippen LogP contribution in [0.3, 0.4) is 0 Å². The summed E-state index contributed by atoms with van der Waals surface area (Å²) in [5, 5.41) is 3.34. The van der Waals surface area contributed by atoms with Crippen LogP contribution in [0.2, 0.25) is 0 Å². The van der Waals surface area contributed by atoms with Crippen LogP contribution < -0.4 is 5.32 Å². The standard InChI is InChI=1S/C15H22N2O/c1-13-9-10-16-11-12-17(13)15(18)8-7-14-5-3-2-4-6-14/h2-6,13,16H,7-12H2,1H3. The molecule has 0 aromatic heterocycles. The molecule has 1 saturated heterocycles. The van der Waals surface area contributed by atoms with Gasteiger partial charge in [0.05, 0.1) is 0 Å². The minimum Gasteiger partial charge on any atom is -0.339 e. The lowest BCUT2D eigenvalue weighted by molar-refractivity contribution is -0.132. The summed E-state index contributed by atoms with van der Waals surface area (Å²) in [5.74, 6) is 0.287. The average molecular weight is 246 g/mol. The van der Waals surface area contributed by atoms with Gasteiger partial charge in [-0.15, -0.1) is 0 Å². The average Bonchev–Trinajstić information content (AvgIpc) is 2.62. The molecule has 0 aliphatic carbocycles. The molecule has 0 radical (unpaired) electrons. The number of rotatable bonds is 3. The third kappa shape index (κ3) is 3.57. The zero-order chi connectivity index (χ0) is 12.8. The van der Waals surface area contributed by atoms with Crippen molar-refractivity contribution < 1.29 is 4.79 Å². The Kier molecular flexibility index (Phi) is 4.76. The van der Waals surface area contributed by atoms with Crippen LogP contribution in [-0.2, 0) is 11.2 Å². The second-order valence-electron chi connectivity index (χ2n) is 4.96. The highest BCUT2D eigenvalue weighted by atomic mass is 16.2. The van der Waals surface area contributed by atoms with E-state index >= 15 is 0 Å². The van der Waals surface area contributed by atoms with Gasteiger partial charge in [0, 0.05) is 25.6 Å². The van der Waals surface area contributed by atoms with Gasteiger partial charge in [-0.25, -0.2) is 0 Å². The summed E-state index contributed by atoms with van der Waals surface area (Å²) >= 11 is 0. The fourth-order valence-electron chi connectivity index (χ4n) is 2.42. The Morgan fingerprint density at radius 3 is 2.89 bits per heavy atom. The molecule has 1 fully saturated rings. The lowest BCUT2D eigenvalue weighted by atomic mass is 10.1. The molecule has 1 amide bonds. The normalized spacial score (nSPS) is 20.5. The zero-order valence-electron chi connectivity index (χ0n) is 11.1. The number of amides is 1. The van der Waals surface area contributed by atoms with E-state index in [-0.39, 0.29) is 5.91 Å². The van der Waals surface area contributed by atoms with E-state index in [0.29, 0.717) is 12.5 Å². The Morgan fingerprint density at radius 1 is 1.33 bits per heavy atom. The minimum atomic E-state index is 0.287. The number of hydrogen-bond donors (Lipinski definition) is 1. The van der Waals surface area contributed by atoms with Crippen molar-refractivity contribution in [2.24, 2.45) is 0 Å². The first kappa shape index (κ1) is 13.1. The summed E-state index contributed by atoms with van der Waals surface area (Å²) in [6.45, 7) is 4.92. The van der Waals surface area contributed by atoms with Crippen LogP contribution in [0.5, 0.6) is 0 Å². The molecule has 2 rings (SSSR count). The quantitative estimate of drug-likeness (QED) is 0.882. The third-order valence-corrected chi connectivity index (χ3v) is 3.59. The van der Waals surface area contributed by atoms with Crippen molar-refractivity contribution in [3.05, 3.63) is 35.9 Å². The molecule has 1 heterocycles. The molecule has 1 aromatic rings. The second kappa shape index (κ2) is 6.55. The fraction of sp³-hybridized carbons (Fsp3) is 0.533. The van der Waals surface area contributed by atoms with Gasteiger partial charge in [-0.05, 0) is 31.9 Å². The summed E-state index contributed by atoms with van der Waals surface area (Å²) in [6.07, 6.45) is 2.52. The molecule has 1 aliphatic heterocycles. The predicted molar refractivity (Wildman–Crippen MR) is 73.4 cm³/mol. The first-order valence-electron chi connectivity index (χ1n) is 6.81. The molecular formula is C15H22N2O. The van der Waals surface area contributed by atoms with Crippen molar-refractivity contribution in [1.29, 1.82) is 0 Å². The number of hydrogen-bond acceptors (Lipinski definition) is 2. The van der Waals surface area contributed by atoms with Gasteiger partial charge in [0.1, 0.15) is 0 Å². The van der Waals surface area contributed by atoms with Crippen LogP contribution in [0.1, 0.15) is 25.3 Å². The summed E-state index contributed by atoms with van der Waals surface area (Å²) in [5.41, 5.74) is 1.24. The molecule has 98 valence electrons. The minimum absolute atomic E-state index is 0.287. The predicted octanol–water partition coefficient (Wildman–Crippen LogP) is 1.83. The van der Waals surface area contributed by atoms with Gasteiger partial charge in [0.15, 0.2) is 0 Å². The molecule has 1 unspecified atom stereocenters. The molecule has 0 spiro atoms. The molecular weight excluding hydrogens is 224 g/mol. The van der Waals surface area contributed by atoms with Gasteiger partial charge in [0.25, 0.3) is 0 Å². The number of nitrogens with zero attached hydrogens (tertiary/aromatic N) is 1. The molecule has 0 bridgehead atoms. The zero-order valence-corrected chi connectivity index (χ0v) is 11.1. The first-order chi connectivity index (χ1) is 8.77. The number of benzene rings is 1. The van der Waals surface area contributed by atoms with Crippen LogP contribution in [0.15, 0.2) is 30.3 Å². The number of carbonyl (C=O) groups is 1. The molecule has 18 heavy (non-hydrogen) atoms. The van der Waals surface area contributed by atoms with Crippen LogP contribution in [0, 0.1) is 0 Å². The summed E-state index contributed by atoms with van der Waals surface area (Å²) in [4.78, 5) is 14.3. The molecule has 1 aromatic carbocycles. The van der Waals surface area contributed by atoms with Crippen LogP contribution >= 0.6 is 0 Å². The largest absolute Gasteiger partial charge is 0.339 e. The van der Waals surface area contributed by atoms with Gasteiger partial charge >= 0.3 is 0 Å². The smallest absolute Gasteiger partial charge is 0.223 e. The Hall–Kier alpha value is -1.35. The van der Waals surface area contributed by atoms with Crippen molar-refractivity contribution in [3.8, 4) is 0 Å². The van der Waals surface area contributed by atoms with E-state index in [9.17, 15) is 4.79 Å². The fourth-order valence-corrected chi connectivity index (χ4v) is 2.42. The Bertz CT molecular complexity index is 377. The monoisotopic (exact) mass is 246 g/mol. The summed E-state index contributed by atoms with van der Waals surface area (Å²) in [6, 6.07) is 10.6. The lowest BCUT2D eigenvalue weighted by Crippen LogP contribution is -2.39. The van der Waals surface area contributed by atoms with Gasteiger partial charge in [0.2, 0.25) is 5.91 Å². The summed E-state index contributed by atoms with van der Waals surface area (Å²) < 4.78 is 0. The number of nitrogens with one attached hydrogen (secondary N) is 1. The van der Waals surface area contributed by atoms with Gasteiger partial charge in [-0.3, -0.25) is 4.79 Å². The highest BCUT2D eigenvalue weighted by Gasteiger charge is 2.21. The Balaban J connectivity index is 1.87. The first-order valence-corrected chi connectivity index (χ1v) is 6.81. The molecule has 1 aliphatic rings. The van der Waals surface area contributed by atoms with E-state index in [2.05, 4.69) is 24.4 Å². The van der Waals surface area contributed by atoms with Crippen molar-refractivity contribution in [2.75, 3.05) is 19.6 Å². The highest BCUT2D eigenvalue weighted by molar-refractivity contribution is 5.76. The van der Waals surface area contributed by atoms with Crippen molar-refractivity contribution in [1.82, 2.24) is 10.2 Å². The molecule has 1 atom stereocenters. The SMILES string of the molecule is CC1CCNCCN1C(=O)CCc1ccccc1. The highest BCUT2D eigenvalue weighted by Crippen LogP contribution is 2.10. The van der Waals surface area contributed by atoms with Crippen LogP contribution in [0.4, 0.5) is 0 Å². The molecule has 3 nitrogen and oxygen atoms in total. The molecule has 0 saturated carbocycles.